The fourth-order valence-corrected chi connectivity index (χ4v) is 5.61. The number of rotatable bonds is 3. The summed E-state index contributed by atoms with van der Waals surface area (Å²) in [5, 5.41) is 7.04. The molecule has 1 aliphatic heterocycles. The van der Waals surface area contributed by atoms with Crippen LogP contribution in [0.5, 0.6) is 23.0 Å². The fourth-order valence-electron chi connectivity index (χ4n) is 5.61. The number of hydrogen-bond donors (Lipinski definition) is 0. The van der Waals surface area contributed by atoms with Crippen LogP contribution in [-0.2, 0) is 0 Å². The maximum atomic E-state index is 6.60. The molecule has 0 unspecified atom stereocenters. The van der Waals surface area contributed by atoms with Crippen molar-refractivity contribution in [3.05, 3.63) is 120 Å². The highest BCUT2D eigenvalue weighted by molar-refractivity contribution is 5.96. The first kappa shape index (κ1) is 20.8. The number of ether oxygens (including phenoxy) is 3. The van der Waals surface area contributed by atoms with Gasteiger partial charge in [0.05, 0.1) is 14.2 Å². The average Bonchev–Trinajstić information content (AvgIpc) is 2.94. The first-order valence-electron chi connectivity index (χ1n) is 12.1. The van der Waals surface area contributed by atoms with Crippen molar-refractivity contribution in [3.8, 4) is 23.0 Å². The molecule has 7 rings (SSSR count). The quantitative estimate of drug-likeness (QED) is 0.260. The summed E-state index contributed by atoms with van der Waals surface area (Å²) in [7, 11) is 3.42. The summed E-state index contributed by atoms with van der Waals surface area (Å²) < 4.78 is 17.8. The first-order chi connectivity index (χ1) is 17.7. The van der Waals surface area contributed by atoms with Gasteiger partial charge in [0.15, 0.2) is 0 Å². The molecule has 0 amide bonds. The number of benzene rings is 6. The highest BCUT2D eigenvalue weighted by Gasteiger charge is 2.32. The van der Waals surface area contributed by atoms with Crippen molar-refractivity contribution in [2.75, 3.05) is 14.2 Å². The van der Waals surface area contributed by atoms with Crippen LogP contribution < -0.4 is 14.2 Å². The lowest BCUT2D eigenvalue weighted by molar-refractivity contribution is 0.415. The van der Waals surface area contributed by atoms with E-state index < -0.39 is 0 Å². The van der Waals surface area contributed by atoms with E-state index in [1.165, 1.54) is 16.3 Å². The van der Waals surface area contributed by atoms with Gasteiger partial charge in [-0.1, -0.05) is 66.7 Å². The lowest BCUT2D eigenvalue weighted by Gasteiger charge is -2.31. The van der Waals surface area contributed by atoms with Crippen molar-refractivity contribution in [1.29, 1.82) is 0 Å². The smallest absolute Gasteiger partial charge is 0.132 e. The second-order valence-electron chi connectivity index (χ2n) is 9.27. The molecule has 0 N–H and O–H groups in total. The average molecular weight is 469 g/mol. The Labute approximate surface area is 209 Å². The molecule has 3 heteroatoms. The molecule has 174 valence electrons. The fraction of sp³-hybridized carbons (Fsp3) is 0.0909. The van der Waals surface area contributed by atoms with Crippen LogP contribution >= 0.6 is 0 Å². The van der Waals surface area contributed by atoms with E-state index in [-0.39, 0.29) is 5.92 Å². The maximum Gasteiger partial charge on any atom is 0.132 e. The third-order valence-corrected chi connectivity index (χ3v) is 7.36. The van der Waals surface area contributed by atoms with Crippen molar-refractivity contribution in [3.63, 3.8) is 0 Å². The Hall–Kier alpha value is -4.50. The van der Waals surface area contributed by atoms with Gasteiger partial charge in [-0.15, -0.1) is 0 Å². The van der Waals surface area contributed by atoms with Crippen molar-refractivity contribution in [2.45, 2.75) is 5.92 Å². The minimum Gasteiger partial charge on any atom is -0.497 e. The van der Waals surface area contributed by atoms with Crippen LogP contribution in [0.2, 0.25) is 0 Å². The van der Waals surface area contributed by atoms with Crippen LogP contribution in [-0.4, -0.2) is 14.2 Å². The van der Waals surface area contributed by atoms with E-state index in [0.717, 1.165) is 55.7 Å². The van der Waals surface area contributed by atoms with E-state index in [2.05, 4.69) is 91.0 Å². The van der Waals surface area contributed by atoms with Gasteiger partial charge in [0.25, 0.3) is 0 Å². The number of fused-ring (bicyclic) bond motifs is 7. The van der Waals surface area contributed by atoms with Gasteiger partial charge in [-0.3, -0.25) is 0 Å². The van der Waals surface area contributed by atoms with Crippen LogP contribution in [0.25, 0.3) is 32.3 Å². The molecule has 36 heavy (non-hydrogen) atoms. The molecule has 0 atom stereocenters. The largest absolute Gasteiger partial charge is 0.497 e. The van der Waals surface area contributed by atoms with Crippen LogP contribution in [0, 0.1) is 0 Å². The second-order valence-corrected chi connectivity index (χ2v) is 9.27. The molecule has 3 nitrogen and oxygen atoms in total. The summed E-state index contributed by atoms with van der Waals surface area (Å²) in [6.45, 7) is 0. The van der Waals surface area contributed by atoms with Gasteiger partial charge in [0.1, 0.15) is 23.0 Å². The molecular formula is C33H24O3. The summed E-state index contributed by atoms with van der Waals surface area (Å²) in [6.07, 6.45) is 0. The molecule has 6 aromatic rings. The van der Waals surface area contributed by atoms with E-state index >= 15 is 0 Å². The molecule has 1 heterocycles. The van der Waals surface area contributed by atoms with Gasteiger partial charge in [-0.2, -0.15) is 0 Å². The van der Waals surface area contributed by atoms with Gasteiger partial charge >= 0.3 is 0 Å². The lowest BCUT2D eigenvalue weighted by atomic mass is 9.78. The van der Waals surface area contributed by atoms with Crippen LogP contribution in [0.15, 0.2) is 103 Å². The van der Waals surface area contributed by atoms with Crippen molar-refractivity contribution < 1.29 is 14.2 Å². The summed E-state index contributed by atoms with van der Waals surface area (Å²) in [5.41, 5.74) is 3.54. The summed E-state index contributed by atoms with van der Waals surface area (Å²) in [6, 6.07) is 36.3. The standard InChI is InChI=1S/C33H24O3/c1-34-25-13-9-21-11-15-29-32(27(21)18-25)31(24-8-7-20-5-3-4-6-23(20)17-24)33-28-19-26(35-2)14-10-22(28)12-16-30(33)36-29/h3-19,31H,1-2H3. The first-order valence-corrected chi connectivity index (χ1v) is 12.1. The van der Waals surface area contributed by atoms with E-state index in [1.807, 2.05) is 12.1 Å². The summed E-state index contributed by atoms with van der Waals surface area (Å²) >= 11 is 0. The number of hydrogen-bond acceptors (Lipinski definition) is 3. The monoisotopic (exact) mass is 468 g/mol. The third kappa shape index (κ3) is 3.13. The van der Waals surface area contributed by atoms with E-state index in [0.29, 0.717) is 0 Å². The van der Waals surface area contributed by atoms with Crippen molar-refractivity contribution in [1.82, 2.24) is 0 Å². The van der Waals surface area contributed by atoms with Crippen molar-refractivity contribution >= 4 is 32.3 Å². The Balaban J connectivity index is 1.61. The molecule has 0 fully saturated rings. The Morgan fingerprint density at radius 3 is 1.64 bits per heavy atom. The molecule has 6 aromatic carbocycles. The molecule has 0 aliphatic carbocycles. The SMILES string of the molecule is COc1ccc2ccc3c(c2c1)C(c1ccc2ccccc2c1)c1c(ccc2ccc(OC)cc12)O3. The molecular weight excluding hydrogens is 444 g/mol. The van der Waals surface area contributed by atoms with Gasteiger partial charge in [0.2, 0.25) is 0 Å². The van der Waals surface area contributed by atoms with Crippen LogP contribution in [0.4, 0.5) is 0 Å². The van der Waals surface area contributed by atoms with Crippen LogP contribution in [0.1, 0.15) is 22.6 Å². The van der Waals surface area contributed by atoms with Gasteiger partial charge in [-0.25, -0.2) is 0 Å². The Morgan fingerprint density at radius 1 is 0.528 bits per heavy atom. The molecule has 0 saturated carbocycles. The van der Waals surface area contributed by atoms with E-state index in [1.54, 1.807) is 14.2 Å². The molecule has 0 saturated heterocycles. The topological polar surface area (TPSA) is 27.7 Å². The highest BCUT2D eigenvalue weighted by atomic mass is 16.5. The highest BCUT2D eigenvalue weighted by Crippen LogP contribution is 2.53. The third-order valence-electron chi connectivity index (χ3n) is 7.36. The maximum absolute atomic E-state index is 6.60. The molecule has 1 aliphatic rings. The predicted molar refractivity (Wildman–Crippen MR) is 146 cm³/mol. The second kappa shape index (κ2) is 8.03. The Kier molecular flexibility index (Phi) is 4.65. The van der Waals surface area contributed by atoms with Crippen molar-refractivity contribution in [2.24, 2.45) is 0 Å². The zero-order chi connectivity index (χ0) is 24.2. The Morgan fingerprint density at radius 2 is 1.06 bits per heavy atom. The zero-order valence-electron chi connectivity index (χ0n) is 20.1. The molecule has 0 radical (unpaired) electrons. The molecule has 0 spiro atoms. The summed E-state index contributed by atoms with van der Waals surface area (Å²) in [4.78, 5) is 0. The Bertz CT molecular complexity index is 1710. The normalized spacial score (nSPS) is 12.8. The van der Waals surface area contributed by atoms with E-state index in [9.17, 15) is 0 Å². The zero-order valence-corrected chi connectivity index (χ0v) is 20.1. The number of methoxy groups -OCH3 is 2. The lowest BCUT2D eigenvalue weighted by Crippen LogP contribution is -2.13. The molecule has 0 aromatic heterocycles. The van der Waals surface area contributed by atoms with E-state index in [4.69, 9.17) is 14.2 Å². The minimum absolute atomic E-state index is 0.0278. The minimum atomic E-state index is -0.0278. The predicted octanol–water partition coefficient (Wildman–Crippen LogP) is 8.45. The van der Waals surface area contributed by atoms with Gasteiger partial charge < -0.3 is 14.2 Å². The van der Waals surface area contributed by atoms with Crippen LogP contribution in [0.3, 0.4) is 0 Å². The summed E-state index contributed by atoms with van der Waals surface area (Å²) in [5.74, 6) is 3.39. The molecule has 0 bridgehead atoms. The van der Waals surface area contributed by atoms with Gasteiger partial charge in [-0.05, 0) is 74.3 Å². The van der Waals surface area contributed by atoms with Gasteiger partial charge in [0, 0.05) is 17.0 Å².